The Kier molecular flexibility index (Phi) is 5.54. The number of hydrogen-bond acceptors (Lipinski definition) is 4. The largest absolute Gasteiger partial charge is 0.463 e. The van der Waals surface area contributed by atoms with Crippen LogP contribution >= 0.6 is 0 Å². The van der Waals surface area contributed by atoms with Crippen molar-refractivity contribution < 1.29 is 19.1 Å². The molecule has 0 atom stereocenters. The van der Waals surface area contributed by atoms with Crippen LogP contribution in [0.1, 0.15) is 57.4 Å². The molecule has 1 heterocycles. The lowest BCUT2D eigenvalue weighted by Crippen LogP contribution is -2.14. The molecule has 1 aliphatic rings. The first-order valence-corrected chi connectivity index (χ1v) is 9.00. The van der Waals surface area contributed by atoms with E-state index in [0.29, 0.717) is 35.5 Å². The molecule has 0 saturated heterocycles. The zero-order chi connectivity index (χ0) is 19.4. The number of aromatic amines is 1. The zero-order valence-corrected chi connectivity index (χ0v) is 15.4. The van der Waals surface area contributed by atoms with Gasteiger partial charge in [0.15, 0.2) is 5.78 Å². The highest BCUT2D eigenvalue weighted by Crippen LogP contribution is 2.27. The van der Waals surface area contributed by atoms with E-state index in [4.69, 9.17) is 4.74 Å². The predicted octanol–water partition coefficient (Wildman–Crippen LogP) is 3.67. The predicted molar refractivity (Wildman–Crippen MR) is 103 cm³/mol. The van der Waals surface area contributed by atoms with Gasteiger partial charge in [0.1, 0.15) is 5.69 Å². The van der Waals surface area contributed by atoms with Gasteiger partial charge in [-0.1, -0.05) is 12.1 Å². The molecule has 0 saturated carbocycles. The maximum absolute atomic E-state index is 12.6. The average molecular weight is 366 g/mol. The Balaban J connectivity index is 1.70. The number of amides is 1. The molecular formula is C21H22N2O4. The monoisotopic (exact) mass is 366 g/mol. The highest BCUT2D eigenvalue weighted by Gasteiger charge is 2.26. The molecule has 2 aromatic rings. The van der Waals surface area contributed by atoms with Crippen molar-refractivity contribution in [2.45, 2.75) is 33.1 Å². The van der Waals surface area contributed by atoms with Crippen LogP contribution in [0.25, 0.3) is 6.08 Å². The summed E-state index contributed by atoms with van der Waals surface area (Å²) >= 11 is 0. The van der Waals surface area contributed by atoms with Gasteiger partial charge >= 0.3 is 5.97 Å². The molecule has 0 unspecified atom stereocenters. The van der Waals surface area contributed by atoms with Crippen molar-refractivity contribution in [3.05, 3.63) is 58.4 Å². The molecule has 27 heavy (non-hydrogen) atoms. The molecule has 140 valence electrons. The minimum absolute atomic E-state index is 0.0989. The fraction of sp³-hybridized carbons (Fsp3) is 0.286. The van der Waals surface area contributed by atoms with Crippen molar-refractivity contribution in [3.8, 4) is 0 Å². The maximum atomic E-state index is 12.6. The van der Waals surface area contributed by atoms with E-state index in [9.17, 15) is 14.4 Å². The second-order valence-electron chi connectivity index (χ2n) is 6.42. The number of ether oxygens (including phenoxy) is 1. The molecule has 0 bridgehead atoms. The van der Waals surface area contributed by atoms with Crippen LogP contribution in [0.4, 0.5) is 5.69 Å². The lowest BCUT2D eigenvalue weighted by Gasteiger charge is -2.09. The maximum Gasteiger partial charge on any atom is 0.330 e. The van der Waals surface area contributed by atoms with Gasteiger partial charge in [-0.3, -0.25) is 9.59 Å². The number of ketones is 1. The first-order chi connectivity index (χ1) is 13.0. The quantitative estimate of drug-likeness (QED) is 0.624. The third-order valence-electron chi connectivity index (χ3n) is 4.53. The second kappa shape index (κ2) is 8.03. The van der Waals surface area contributed by atoms with Crippen molar-refractivity contribution in [1.29, 1.82) is 0 Å². The summed E-state index contributed by atoms with van der Waals surface area (Å²) < 4.78 is 4.83. The van der Waals surface area contributed by atoms with Crippen molar-refractivity contribution in [3.63, 3.8) is 0 Å². The van der Waals surface area contributed by atoms with Gasteiger partial charge in [-0.2, -0.15) is 0 Å². The Morgan fingerprint density at radius 2 is 1.96 bits per heavy atom. The highest BCUT2D eigenvalue weighted by molar-refractivity contribution is 6.08. The molecule has 1 aromatic carbocycles. The number of H-pyrrole nitrogens is 1. The number of benzene rings is 1. The Morgan fingerprint density at radius 1 is 1.22 bits per heavy atom. The smallest absolute Gasteiger partial charge is 0.330 e. The number of nitrogens with one attached hydrogen (secondary N) is 2. The minimum atomic E-state index is -0.393. The van der Waals surface area contributed by atoms with E-state index in [1.165, 1.54) is 6.08 Å². The summed E-state index contributed by atoms with van der Waals surface area (Å²) in [5, 5.41) is 2.84. The standard InChI is InChI=1S/C21H22N2O4/c1-3-27-18(25)12-9-14-7-10-15(11-8-14)22-21(26)20-13(2)19-16(23-20)5-4-6-17(19)24/h7-12,23H,3-6H2,1-2H3,(H,22,26)/b12-9+. The van der Waals surface area contributed by atoms with E-state index in [-0.39, 0.29) is 11.7 Å². The topological polar surface area (TPSA) is 88.3 Å². The lowest BCUT2D eigenvalue weighted by atomic mass is 9.94. The zero-order valence-electron chi connectivity index (χ0n) is 15.4. The van der Waals surface area contributed by atoms with Crippen LogP contribution in [0.3, 0.4) is 0 Å². The van der Waals surface area contributed by atoms with Crippen LogP contribution in [0, 0.1) is 6.92 Å². The van der Waals surface area contributed by atoms with Crippen LogP contribution in [0.2, 0.25) is 0 Å². The fourth-order valence-corrected chi connectivity index (χ4v) is 3.23. The van der Waals surface area contributed by atoms with Gasteiger partial charge in [-0.05, 0) is 56.0 Å². The molecule has 1 aliphatic carbocycles. The summed E-state index contributed by atoms with van der Waals surface area (Å²) in [4.78, 5) is 39.1. The SMILES string of the molecule is CCOC(=O)/C=C/c1ccc(NC(=O)c2[nH]c3c(c2C)C(=O)CCC3)cc1. The number of esters is 1. The number of hydrogen-bond donors (Lipinski definition) is 2. The van der Waals surface area contributed by atoms with E-state index >= 15 is 0 Å². The van der Waals surface area contributed by atoms with Gasteiger partial charge < -0.3 is 15.0 Å². The number of aromatic nitrogens is 1. The molecular weight excluding hydrogens is 344 g/mol. The van der Waals surface area contributed by atoms with Crippen LogP contribution < -0.4 is 5.32 Å². The molecule has 3 rings (SSSR count). The van der Waals surface area contributed by atoms with Crippen LogP contribution in [0.15, 0.2) is 30.3 Å². The van der Waals surface area contributed by atoms with Crippen molar-refractivity contribution in [1.82, 2.24) is 4.98 Å². The van der Waals surface area contributed by atoms with E-state index in [0.717, 1.165) is 24.1 Å². The number of rotatable bonds is 5. The van der Waals surface area contributed by atoms with E-state index < -0.39 is 5.97 Å². The molecule has 1 aromatic heterocycles. The highest BCUT2D eigenvalue weighted by atomic mass is 16.5. The average Bonchev–Trinajstić information content (AvgIpc) is 2.99. The summed E-state index contributed by atoms with van der Waals surface area (Å²) in [7, 11) is 0. The summed E-state index contributed by atoms with van der Waals surface area (Å²) in [6.07, 6.45) is 5.15. The number of carbonyl (C=O) groups is 3. The number of aryl methyl sites for hydroxylation is 1. The molecule has 2 N–H and O–H groups in total. The van der Waals surface area contributed by atoms with E-state index in [2.05, 4.69) is 10.3 Å². The van der Waals surface area contributed by atoms with Crippen LogP contribution in [0.5, 0.6) is 0 Å². The molecule has 0 radical (unpaired) electrons. The van der Waals surface area contributed by atoms with Gasteiger partial charge in [0.2, 0.25) is 0 Å². The molecule has 1 amide bonds. The van der Waals surface area contributed by atoms with Crippen LogP contribution in [-0.4, -0.2) is 29.3 Å². The van der Waals surface area contributed by atoms with Gasteiger partial charge in [-0.15, -0.1) is 0 Å². The van der Waals surface area contributed by atoms with Gasteiger partial charge in [-0.25, -0.2) is 4.79 Å². The Morgan fingerprint density at radius 3 is 2.63 bits per heavy atom. The third-order valence-corrected chi connectivity index (χ3v) is 4.53. The Bertz CT molecular complexity index is 907. The van der Waals surface area contributed by atoms with Crippen molar-refractivity contribution in [2.24, 2.45) is 0 Å². The number of fused-ring (bicyclic) bond motifs is 1. The first-order valence-electron chi connectivity index (χ1n) is 9.00. The summed E-state index contributed by atoms with van der Waals surface area (Å²) in [5.41, 5.74) is 4.12. The van der Waals surface area contributed by atoms with Gasteiger partial charge in [0.05, 0.1) is 6.61 Å². The number of Topliss-reactive ketones (excluding diaryl/α,β-unsaturated/α-hetero) is 1. The molecule has 0 fully saturated rings. The van der Waals surface area contributed by atoms with E-state index in [1.54, 1.807) is 44.2 Å². The number of carbonyl (C=O) groups excluding carboxylic acids is 3. The first kappa shape index (κ1) is 18.6. The summed E-state index contributed by atoms with van der Waals surface area (Å²) in [6.45, 7) is 3.89. The third kappa shape index (κ3) is 4.16. The molecule has 6 nitrogen and oxygen atoms in total. The fourth-order valence-electron chi connectivity index (χ4n) is 3.23. The van der Waals surface area contributed by atoms with Crippen molar-refractivity contribution >= 4 is 29.4 Å². The number of anilines is 1. The lowest BCUT2D eigenvalue weighted by molar-refractivity contribution is -0.137. The van der Waals surface area contributed by atoms with Gasteiger partial charge in [0.25, 0.3) is 5.91 Å². The van der Waals surface area contributed by atoms with Crippen molar-refractivity contribution in [2.75, 3.05) is 11.9 Å². The molecule has 0 spiro atoms. The Labute approximate surface area is 157 Å². The minimum Gasteiger partial charge on any atom is -0.463 e. The normalized spacial score (nSPS) is 13.5. The van der Waals surface area contributed by atoms with E-state index in [1.807, 2.05) is 0 Å². The Hall–Kier alpha value is -3.15. The summed E-state index contributed by atoms with van der Waals surface area (Å²) in [6, 6.07) is 7.10. The summed E-state index contributed by atoms with van der Waals surface area (Å²) in [5.74, 6) is -0.568. The van der Waals surface area contributed by atoms with Gasteiger partial charge in [0, 0.05) is 29.4 Å². The molecule has 6 heteroatoms. The second-order valence-corrected chi connectivity index (χ2v) is 6.42. The van der Waals surface area contributed by atoms with Crippen LogP contribution in [-0.2, 0) is 16.0 Å². The molecule has 0 aliphatic heterocycles.